The summed E-state index contributed by atoms with van der Waals surface area (Å²) < 4.78 is 4.81. The van der Waals surface area contributed by atoms with Crippen LogP contribution in [0.15, 0.2) is 29.8 Å². The lowest BCUT2D eigenvalue weighted by molar-refractivity contribution is -0.136. The van der Waals surface area contributed by atoms with Gasteiger partial charge in [0.25, 0.3) is 0 Å². The zero-order valence-electron chi connectivity index (χ0n) is 9.63. The number of benzene rings is 1. The Morgan fingerprint density at radius 2 is 2.06 bits per heavy atom. The van der Waals surface area contributed by atoms with Crippen LogP contribution in [-0.2, 0) is 9.53 Å². The molecule has 1 aromatic rings. The molecule has 0 aliphatic carbocycles. The zero-order valence-corrected chi connectivity index (χ0v) is 10.4. The van der Waals surface area contributed by atoms with Gasteiger partial charge in [-0.15, -0.1) is 0 Å². The SMILES string of the molecule is COC(=O)C1=C(c2ccc(Cl)cc2)CNCC1. The van der Waals surface area contributed by atoms with Crippen LogP contribution in [0.3, 0.4) is 0 Å². The van der Waals surface area contributed by atoms with Crippen molar-refractivity contribution in [1.82, 2.24) is 5.32 Å². The molecule has 1 N–H and O–H groups in total. The first-order valence-electron chi connectivity index (χ1n) is 5.49. The molecule has 0 unspecified atom stereocenters. The zero-order chi connectivity index (χ0) is 12.3. The smallest absolute Gasteiger partial charge is 0.334 e. The first-order chi connectivity index (χ1) is 8.22. The lowest BCUT2D eigenvalue weighted by Crippen LogP contribution is -2.27. The number of carbonyl (C=O) groups excluding carboxylic acids is 1. The largest absolute Gasteiger partial charge is 0.466 e. The molecular formula is C13H14ClNO2. The Morgan fingerprint density at radius 3 is 2.71 bits per heavy atom. The molecule has 0 radical (unpaired) electrons. The Bertz CT molecular complexity index is 451. The predicted molar refractivity (Wildman–Crippen MR) is 67.9 cm³/mol. The summed E-state index contributed by atoms with van der Waals surface area (Å²) in [7, 11) is 1.41. The summed E-state index contributed by atoms with van der Waals surface area (Å²) >= 11 is 5.85. The molecule has 2 rings (SSSR count). The molecule has 0 fully saturated rings. The Balaban J connectivity index is 2.41. The summed E-state index contributed by atoms with van der Waals surface area (Å²) in [6, 6.07) is 7.50. The highest BCUT2D eigenvalue weighted by molar-refractivity contribution is 6.30. The monoisotopic (exact) mass is 251 g/mol. The molecule has 1 aliphatic heterocycles. The molecule has 0 saturated heterocycles. The minimum Gasteiger partial charge on any atom is -0.466 e. The third kappa shape index (κ3) is 2.68. The third-order valence-electron chi connectivity index (χ3n) is 2.84. The van der Waals surface area contributed by atoms with E-state index < -0.39 is 0 Å². The van der Waals surface area contributed by atoms with Crippen molar-refractivity contribution in [2.75, 3.05) is 20.2 Å². The maximum absolute atomic E-state index is 11.7. The van der Waals surface area contributed by atoms with Gasteiger partial charge in [-0.25, -0.2) is 4.79 Å². The summed E-state index contributed by atoms with van der Waals surface area (Å²) in [4.78, 5) is 11.7. The molecule has 3 nitrogen and oxygen atoms in total. The van der Waals surface area contributed by atoms with Crippen molar-refractivity contribution in [3.8, 4) is 0 Å². The van der Waals surface area contributed by atoms with E-state index in [1.54, 1.807) is 0 Å². The molecule has 0 amide bonds. The second-order valence-corrected chi connectivity index (χ2v) is 4.32. The topological polar surface area (TPSA) is 38.3 Å². The highest BCUT2D eigenvalue weighted by Crippen LogP contribution is 2.25. The summed E-state index contributed by atoms with van der Waals surface area (Å²) in [5.41, 5.74) is 2.77. The summed E-state index contributed by atoms with van der Waals surface area (Å²) in [6.07, 6.45) is 0.699. The van der Waals surface area contributed by atoms with Gasteiger partial charge in [-0.05, 0) is 36.2 Å². The van der Waals surface area contributed by atoms with E-state index in [2.05, 4.69) is 5.32 Å². The van der Waals surface area contributed by atoms with E-state index in [4.69, 9.17) is 16.3 Å². The fourth-order valence-corrected chi connectivity index (χ4v) is 2.09. The van der Waals surface area contributed by atoms with Gasteiger partial charge in [0, 0.05) is 17.1 Å². The molecule has 17 heavy (non-hydrogen) atoms. The summed E-state index contributed by atoms with van der Waals surface area (Å²) in [5.74, 6) is -0.239. The highest BCUT2D eigenvalue weighted by Gasteiger charge is 2.20. The fourth-order valence-electron chi connectivity index (χ4n) is 1.96. The molecule has 0 saturated carbocycles. The van der Waals surface area contributed by atoms with Gasteiger partial charge in [0.05, 0.1) is 7.11 Å². The van der Waals surface area contributed by atoms with E-state index in [0.717, 1.165) is 23.3 Å². The van der Waals surface area contributed by atoms with Crippen LogP contribution in [0.4, 0.5) is 0 Å². The van der Waals surface area contributed by atoms with Gasteiger partial charge in [-0.3, -0.25) is 0 Å². The van der Waals surface area contributed by atoms with Crippen molar-refractivity contribution < 1.29 is 9.53 Å². The van der Waals surface area contributed by atoms with Crippen molar-refractivity contribution in [3.05, 3.63) is 40.4 Å². The molecule has 0 spiro atoms. The van der Waals surface area contributed by atoms with Gasteiger partial charge >= 0.3 is 5.97 Å². The van der Waals surface area contributed by atoms with Crippen LogP contribution in [0.1, 0.15) is 12.0 Å². The third-order valence-corrected chi connectivity index (χ3v) is 3.09. The Hall–Kier alpha value is -1.32. The number of nitrogens with one attached hydrogen (secondary N) is 1. The second-order valence-electron chi connectivity index (χ2n) is 3.88. The lowest BCUT2D eigenvalue weighted by atomic mass is 9.95. The van der Waals surface area contributed by atoms with Crippen LogP contribution >= 0.6 is 11.6 Å². The molecule has 0 atom stereocenters. The van der Waals surface area contributed by atoms with Gasteiger partial charge < -0.3 is 10.1 Å². The molecule has 90 valence electrons. The quantitative estimate of drug-likeness (QED) is 0.820. The average molecular weight is 252 g/mol. The van der Waals surface area contributed by atoms with Crippen molar-refractivity contribution in [3.63, 3.8) is 0 Å². The molecular weight excluding hydrogens is 238 g/mol. The standard InChI is InChI=1S/C13H14ClNO2/c1-17-13(16)11-6-7-15-8-12(11)9-2-4-10(14)5-3-9/h2-5,15H,6-8H2,1H3. The van der Waals surface area contributed by atoms with Crippen molar-refractivity contribution >= 4 is 23.1 Å². The number of ether oxygens (including phenoxy) is 1. The van der Waals surface area contributed by atoms with Crippen LogP contribution in [0.5, 0.6) is 0 Å². The number of esters is 1. The minimum absolute atomic E-state index is 0.239. The van der Waals surface area contributed by atoms with Gasteiger partial charge in [0.15, 0.2) is 0 Å². The first kappa shape index (κ1) is 12.1. The Kier molecular flexibility index (Phi) is 3.82. The highest BCUT2D eigenvalue weighted by atomic mass is 35.5. The Morgan fingerprint density at radius 1 is 1.35 bits per heavy atom. The number of halogens is 1. The molecule has 1 heterocycles. The maximum atomic E-state index is 11.7. The van der Waals surface area contributed by atoms with Crippen LogP contribution in [0.2, 0.25) is 5.02 Å². The van der Waals surface area contributed by atoms with Gasteiger partial charge in [0.2, 0.25) is 0 Å². The van der Waals surface area contributed by atoms with Crippen LogP contribution < -0.4 is 5.32 Å². The molecule has 1 aliphatic rings. The van der Waals surface area contributed by atoms with Crippen molar-refractivity contribution in [2.45, 2.75) is 6.42 Å². The van der Waals surface area contributed by atoms with Crippen molar-refractivity contribution in [2.24, 2.45) is 0 Å². The van der Waals surface area contributed by atoms with E-state index in [0.29, 0.717) is 18.0 Å². The molecule has 1 aromatic carbocycles. The van der Waals surface area contributed by atoms with Gasteiger partial charge in [-0.1, -0.05) is 23.7 Å². The van der Waals surface area contributed by atoms with Crippen LogP contribution in [0.25, 0.3) is 5.57 Å². The van der Waals surface area contributed by atoms with E-state index in [-0.39, 0.29) is 5.97 Å². The second kappa shape index (κ2) is 5.34. The van der Waals surface area contributed by atoms with Crippen molar-refractivity contribution in [1.29, 1.82) is 0 Å². The lowest BCUT2D eigenvalue weighted by Gasteiger charge is -2.20. The first-order valence-corrected chi connectivity index (χ1v) is 5.87. The van der Waals surface area contributed by atoms with Crippen LogP contribution in [0, 0.1) is 0 Å². The fraction of sp³-hybridized carbons (Fsp3) is 0.308. The van der Waals surface area contributed by atoms with E-state index in [1.807, 2.05) is 24.3 Å². The van der Waals surface area contributed by atoms with E-state index >= 15 is 0 Å². The van der Waals surface area contributed by atoms with Gasteiger partial charge in [-0.2, -0.15) is 0 Å². The number of hydrogen-bond acceptors (Lipinski definition) is 3. The van der Waals surface area contributed by atoms with Crippen LogP contribution in [-0.4, -0.2) is 26.2 Å². The molecule has 4 heteroatoms. The van der Waals surface area contributed by atoms with Gasteiger partial charge in [0.1, 0.15) is 0 Å². The number of methoxy groups -OCH3 is 1. The summed E-state index contributed by atoms with van der Waals surface area (Å²) in [6.45, 7) is 1.49. The van der Waals surface area contributed by atoms with E-state index in [9.17, 15) is 4.79 Å². The molecule has 0 aromatic heterocycles. The normalized spacial score (nSPS) is 15.9. The average Bonchev–Trinajstić information content (AvgIpc) is 2.39. The molecule has 0 bridgehead atoms. The number of carbonyl (C=O) groups is 1. The number of hydrogen-bond donors (Lipinski definition) is 1. The minimum atomic E-state index is -0.239. The maximum Gasteiger partial charge on any atom is 0.334 e. The number of rotatable bonds is 2. The summed E-state index contributed by atoms with van der Waals surface area (Å²) in [5, 5.41) is 3.95. The van der Waals surface area contributed by atoms with E-state index in [1.165, 1.54) is 7.11 Å². The predicted octanol–water partition coefficient (Wildman–Crippen LogP) is 2.26. The Labute approximate surface area is 105 Å².